The minimum Gasteiger partial charge on any atom is -0.457 e. The monoisotopic (exact) mass is 333 g/mol. The maximum atomic E-state index is 5.95. The first-order valence-electron chi connectivity index (χ1n) is 7.89. The maximum absolute atomic E-state index is 5.95. The van der Waals surface area contributed by atoms with E-state index < -0.39 is 0 Å². The number of aromatic nitrogens is 1. The lowest BCUT2D eigenvalue weighted by Crippen LogP contribution is -1.97. The molecule has 0 spiro atoms. The Morgan fingerprint density at radius 1 is 0.920 bits per heavy atom. The average Bonchev–Trinajstić information content (AvgIpc) is 2.63. The number of hydrogen-bond donors (Lipinski definition) is 0. The number of hydrogen-bond acceptors (Lipinski definition) is 4. The number of methoxy groups -OCH3 is 1. The van der Waals surface area contributed by atoms with Gasteiger partial charge in [0, 0.05) is 24.9 Å². The fourth-order valence-electron chi connectivity index (χ4n) is 2.35. The van der Waals surface area contributed by atoms with E-state index in [1.54, 1.807) is 25.4 Å². The van der Waals surface area contributed by atoms with E-state index in [4.69, 9.17) is 14.2 Å². The zero-order valence-corrected chi connectivity index (χ0v) is 14.0. The van der Waals surface area contributed by atoms with Crippen LogP contribution in [0, 0.1) is 0 Å². The summed E-state index contributed by atoms with van der Waals surface area (Å²) in [5.41, 5.74) is 1.73. The van der Waals surface area contributed by atoms with E-state index in [1.165, 1.54) is 0 Å². The molecule has 0 N–H and O–H groups in total. The second-order valence-electron chi connectivity index (χ2n) is 5.38. The Balaban J connectivity index is 1.80. The van der Waals surface area contributed by atoms with Crippen molar-refractivity contribution >= 4 is 5.57 Å². The summed E-state index contributed by atoms with van der Waals surface area (Å²) in [6.07, 6.45) is 1.65. The van der Waals surface area contributed by atoms with Crippen molar-refractivity contribution in [1.82, 2.24) is 4.98 Å². The van der Waals surface area contributed by atoms with Crippen molar-refractivity contribution < 1.29 is 14.2 Å². The van der Waals surface area contributed by atoms with E-state index in [1.807, 2.05) is 54.6 Å². The van der Waals surface area contributed by atoms with Gasteiger partial charge >= 0.3 is 0 Å². The zero-order chi connectivity index (χ0) is 17.5. The summed E-state index contributed by atoms with van der Waals surface area (Å²) in [6.45, 7) is 4.48. The van der Waals surface area contributed by atoms with Crippen molar-refractivity contribution in [3.63, 3.8) is 0 Å². The van der Waals surface area contributed by atoms with E-state index in [0.29, 0.717) is 24.0 Å². The van der Waals surface area contributed by atoms with Gasteiger partial charge in [-0.1, -0.05) is 43.0 Å². The molecule has 1 heterocycles. The van der Waals surface area contributed by atoms with E-state index in [9.17, 15) is 0 Å². The van der Waals surface area contributed by atoms with Gasteiger partial charge in [0.05, 0.1) is 6.61 Å². The molecule has 25 heavy (non-hydrogen) atoms. The first-order chi connectivity index (χ1) is 12.3. The van der Waals surface area contributed by atoms with Gasteiger partial charge < -0.3 is 14.2 Å². The predicted molar refractivity (Wildman–Crippen MR) is 98.2 cm³/mol. The van der Waals surface area contributed by atoms with Gasteiger partial charge in [-0.05, 0) is 29.8 Å². The van der Waals surface area contributed by atoms with Crippen LogP contribution in [-0.2, 0) is 4.74 Å². The average molecular weight is 333 g/mol. The van der Waals surface area contributed by atoms with Crippen molar-refractivity contribution in [3.05, 3.63) is 85.1 Å². The third-order valence-corrected chi connectivity index (χ3v) is 3.49. The second kappa shape index (κ2) is 8.13. The molecule has 0 unspecified atom stereocenters. The molecular weight excluding hydrogens is 314 g/mol. The highest BCUT2D eigenvalue weighted by molar-refractivity contribution is 5.69. The summed E-state index contributed by atoms with van der Waals surface area (Å²) in [5.74, 6) is 2.54. The van der Waals surface area contributed by atoms with Crippen LogP contribution < -0.4 is 9.47 Å². The quantitative estimate of drug-likeness (QED) is 0.586. The molecule has 2 aromatic carbocycles. The van der Waals surface area contributed by atoms with Crippen LogP contribution in [0.4, 0.5) is 0 Å². The number of rotatable bonds is 7. The van der Waals surface area contributed by atoms with Gasteiger partial charge in [-0.15, -0.1) is 0 Å². The maximum Gasteiger partial charge on any atom is 0.222 e. The van der Waals surface area contributed by atoms with Crippen LogP contribution in [0.15, 0.2) is 79.5 Å². The Labute approximate surface area is 147 Å². The standard InChI is InChI=1S/C21H19NO3/c1-16(15-23-2)19-10-6-7-11-20(19)25-21-14-18(12-13-22-21)24-17-8-4-3-5-9-17/h3-14H,1,15H2,2H3. The number of benzene rings is 2. The Kier molecular flexibility index (Phi) is 5.44. The van der Waals surface area contributed by atoms with Crippen molar-refractivity contribution in [2.75, 3.05) is 13.7 Å². The molecule has 0 saturated heterocycles. The molecule has 0 atom stereocenters. The molecular formula is C21H19NO3. The summed E-state index contributed by atoms with van der Waals surface area (Å²) in [5, 5.41) is 0. The lowest BCUT2D eigenvalue weighted by molar-refractivity contribution is 0.239. The molecule has 0 fully saturated rings. The summed E-state index contributed by atoms with van der Waals surface area (Å²) in [6, 6.07) is 20.8. The van der Waals surface area contributed by atoms with Gasteiger partial charge in [0.1, 0.15) is 17.2 Å². The van der Waals surface area contributed by atoms with Crippen molar-refractivity contribution in [2.24, 2.45) is 0 Å². The van der Waals surface area contributed by atoms with Crippen LogP contribution in [-0.4, -0.2) is 18.7 Å². The number of pyridine rings is 1. The van der Waals surface area contributed by atoms with Crippen LogP contribution in [0.3, 0.4) is 0 Å². The summed E-state index contributed by atoms with van der Waals surface area (Å²) >= 11 is 0. The van der Waals surface area contributed by atoms with E-state index >= 15 is 0 Å². The SMILES string of the molecule is C=C(COC)c1ccccc1Oc1cc(Oc2ccccc2)ccn1. The molecule has 3 aromatic rings. The fourth-order valence-corrected chi connectivity index (χ4v) is 2.35. The highest BCUT2D eigenvalue weighted by Crippen LogP contribution is 2.31. The summed E-state index contributed by atoms with van der Waals surface area (Å²) in [7, 11) is 1.64. The fraction of sp³-hybridized carbons (Fsp3) is 0.0952. The molecule has 3 rings (SSSR count). The lowest BCUT2D eigenvalue weighted by Gasteiger charge is -2.13. The van der Waals surface area contributed by atoms with Crippen LogP contribution in [0.2, 0.25) is 0 Å². The molecule has 4 heteroatoms. The minimum absolute atomic E-state index is 0.435. The third-order valence-electron chi connectivity index (χ3n) is 3.49. The molecule has 0 saturated carbocycles. The topological polar surface area (TPSA) is 40.6 Å². The van der Waals surface area contributed by atoms with Crippen LogP contribution in [0.5, 0.6) is 23.1 Å². The normalized spacial score (nSPS) is 10.3. The number of nitrogens with zero attached hydrogens (tertiary/aromatic N) is 1. The Bertz CT molecular complexity index is 847. The summed E-state index contributed by atoms with van der Waals surface area (Å²) in [4.78, 5) is 4.26. The van der Waals surface area contributed by atoms with Crippen LogP contribution in [0.1, 0.15) is 5.56 Å². The van der Waals surface area contributed by atoms with Gasteiger partial charge in [-0.3, -0.25) is 0 Å². The smallest absolute Gasteiger partial charge is 0.222 e. The number of para-hydroxylation sites is 2. The molecule has 0 bridgehead atoms. The van der Waals surface area contributed by atoms with Gasteiger partial charge in [-0.25, -0.2) is 4.98 Å². The molecule has 126 valence electrons. The lowest BCUT2D eigenvalue weighted by atomic mass is 10.1. The molecule has 0 amide bonds. The van der Waals surface area contributed by atoms with Crippen molar-refractivity contribution in [3.8, 4) is 23.1 Å². The molecule has 0 aliphatic carbocycles. The molecule has 4 nitrogen and oxygen atoms in total. The van der Waals surface area contributed by atoms with E-state index in [-0.39, 0.29) is 0 Å². The Morgan fingerprint density at radius 3 is 2.48 bits per heavy atom. The molecule has 0 radical (unpaired) electrons. The van der Waals surface area contributed by atoms with Crippen molar-refractivity contribution in [1.29, 1.82) is 0 Å². The highest BCUT2D eigenvalue weighted by Gasteiger charge is 2.09. The number of ether oxygens (including phenoxy) is 3. The Morgan fingerprint density at radius 2 is 1.68 bits per heavy atom. The predicted octanol–water partition coefficient (Wildman–Crippen LogP) is 5.33. The van der Waals surface area contributed by atoms with Gasteiger partial charge in [0.2, 0.25) is 5.88 Å². The van der Waals surface area contributed by atoms with Crippen LogP contribution >= 0.6 is 0 Å². The van der Waals surface area contributed by atoms with Crippen LogP contribution in [0.25, 0.3) is 5.57 Å². The molecule has 0 aliphatic rings. The second-order valence-corrected chi connectivity index (χ2v) is 5.38. The third kappa shape index (κ3) is 4.46. The minimum atomic E-state index is 0.435. The molecule has 1 aromatic heterocycles. The first kappa shape index (κ1) is 16.7. The van der Waals surface area contributed by atoms with E-state index in [0.717, 1.165) is 16.9 Å². The van der Waals surface area contributed by atoms with Gasteiger partial charge in [0.15, 0.2) is 0 Å². The van der Waals surface area contributed by atoms with E-state index in [2.05, 4.69) is 11.6 Å². The summed E-state index contributed by atoms with van der Waals surface area (Å²) < 4.78 is 16.9. The molecule has 0 aliphatic heterocycles. The van der Waals surface area contributed by atoms with Crippen molar-refractivity contribution in [2.45, 2.75) is 0 Å². The highest BCUT2D eigenvalue weighted by atomic mass is 16.5. The van der Waals surface area contributed by atoms with Gasteiger partial charge in [-0.2, -0.15) is 0 Å². The largest absolute Gasteiger partial charge is 0.457 e. The first-order valence-corrected chi connectivity index (χ1v) is 7.89. The zero-order valence-electron chi connectivity index (χ0n) is 14.0. The van der Waals surface area contributed by atoms with Gasteiger partial charge in [0.25, 0.3) is 0 Å². The Hall–Kier alpha value is -3.11.